The number of rotatable bonds is 4. The van der Waals surface area contributed by atoms with Gasteiger partial charge in [-0.1, -0.05) is 19.4 Å². The summed E-state index contributed by atoms with van der Waals surface area (Å²) in [4.78, 5) is 10.5. The van der Waals surface area contributed by atoms with Crippen LogP contribution >= 0.6 is 0 Å². The molecule has 1 N–H and O–H groups in total. The van der Waals surface area contributed by atoms with E-state index in [1.165, 1.54) is 11.1 Å². The highest BCUT2D eigenvalue weighted by Gasteiger charge is 2.10. The van der Waals surface area contributed by atoms with Crippen molar-refractivity contribution in [3.63, 3.8) is 0 Å². The van der Waals surface area contributed by atoms with Crippen LogP contribution in [0.4, 0.5) is 4.79 Å². The van der Waals surface area contributed by atoms with Crippen molar-refractivity contribution in [2.24, 2.45) is 0 Å². The third-order valence-electron chi connectivity index (χ3n) is 2.76. The van der Waals surface area contributed by atoms with Gasteiger partial charge < -0.3 is 9.84 Å². The Balaban J connectivity index is 3.01. The normalized spacial score (nSPS) is 10.2. The number of ether oxygens (including phenoxy) is 1. The maximum absolute atomic E-state index is 10.5. The second-order valence-corrected chi connectivity index (χ2v) is 3.96. The molecule has 0 spiro atoms. The van der Waals surface area contributed by atoms with Gasteiger partial charge >= 0.3 is 6.16 Å². The zero-order valence-corrected chi connectivity index (χ0v) is 10.0. The monoisotopic (exact) mass is 222 g/mol. The summed E-state index contributed by atoms with van der Waals surface area (Å²) in [5.74, 6) is 0.448. The van der Waals surface area contributed by atoms with Crippen molar-refractivity contribution in [3.8, 4) is 5.75 Å². The molecular weight excluding hydrogens is 204 g/mol. The van der Waals surface area contributed by atoms with Crippen molar-refractivity contribution in [1.29, 1.82) is 0 Å². The summed E-state index contributed by atoms with van der Waals surface area (Å²) in [5.41, 5.74) is 3.35. The zero-order valence-electron chi connectivity index (χ0n) is 10.0. The fraction of sp³-hybridized carbons (Fsp3) is 0.462. The maximum Gasteiger partial charge on any atom is 0.511 e. The molecule has 0 bridgehead atoms. The summed E-state index contributed by atoms with van der Waals surface area (Å²) in [7, 11) is 0. The molecular formula is C13H18O3. The van der Waals surface area contributed by atoms with E-state index in [-0.39, 0.29) is 0 Å². The Morgan fingerprint density at radius 2 is 2.06 bits per heavy atom. The summed E-state index contributed by atoms with van der Waals surface area (Å²) >= 11 is 0. The van der Waals surface area contributed by atoms with Crippen molar-refractivity contribution in [3.05, 3.63) is 28.8 Å². The lowest BCUT2D eigenvalue weighted by Crippen LogP contribution is -2.06. The van der Waals surface area contributed by atoms with Crippen LogP contribution in [0.15, 0.2) is 12.1 Å². The maximum atomic E-state index is 10.5. The van der Waals surface area contributed by atoms with Gasteiger partial charge in [-0.05, 0) is 49.4 Å². The van der Waals surface area contributed by atoms with E-state index in [1.807, 2.05) is 19.9 Å². The van der Waals surface area contributed by atoms with E-state index >= 15 is 0 Å². The minimum atomic E-state index is -1.26. The number of carboxylic acid groups (broad SMARTS) is 1. The molecule has 0 saturated heterocycles. The largest absolute Gasteiger partial charge is 0.511 e. The van der Waals surface area contributed by atoms with Crippen LogP contribution in [0.1, 0.15) is 36.5 Å². The molecule has 0 aliphatic carbocycles. The van der Waals surface area contributed by atoms with E-state index in [0.717, 1.165) is 24.8 Å². The molecule has 88 valence electrons. The Morgan fingerprint density at radius 1 is 1.38 bits per heavy atom. The van der Waals surface area contributed by atoms with Gasteiger partial charge in [-0.15, -0.1) is 0 Å². The third kappa shape index (κ3) is 2.99. The fourth-order valence-electron chi connectivity index (χ4n) is 1.81. The van der Waals surface area contributed by atoms with Gasteiger partial charge in [0.1, 0.15) is 5.75 Å². The smallest absolute Gasteiger partial charge is 0.449 e. The minimum Gasteiger partial charge on any atom is -0.449 e. The lowest BCUT2D eigenvalue weighted by Gasteiger charge is -2.12. The highest BCUT2D eigenvalue weighted by molar-refractivity contribution is 5.62. The topological polar surface area (TPSA) is 46.5 Å². The SMILES string of the molecule is CCCCc1c(C)ccc(OC(=O)O)c1C. The Morgan fingerprint density at radius 3 is 2.62 bits per heavy atom. The number of benzene rings is 1. The van der Waals surface area contributed by atoms with E-state index in [2.05, 4.69) is 6.92 Å². The molecule has 0 amide bonds. The Bertz CT molecular complexity index is 383. The summed E-state index contributed by atoms with van der Waals surface area (Å²) in [5, 5.41) is 8.61. The van der Waals surface area contributed by atoms with E-state index in [9.17, 15) is 4.79 Å². The van der Waals surface area contributed by atoms with Crippen LogP contribution < -0.4 is 4.74 Å². The van der Waals surface area contributed by atoms with Crippen LogP contribution in [0.3, 0.4) is 0 Å². The molecule has 0 saturated carbocycles. The molecule has 0 aliphatic rings. The van der Waals surface area contributed by atoms with Gasteiger partial charge in [-0.2, -0.15) is 0 Å². The molecule has 0 fully saturated rings. The van der Waals surface area contributed by atoms with Gasteiger partial charge in [0.15, 0.2) is 0 Å². The van der Waals surface area contributed by atoms with Gasteiger partial charge in [0.25, 0.3) is 0 Å². The van der Waals surface area contributed by atoms with Crippen LogP contribution in [-0.4, -0.2) is 11.3 Å². The van der Waals surface area contributed by atoms with Crippen molar-refractivity contribution in [2.75, 3.05) is 0 Å². The third-order valence-corrected chi connectivity index (χ3v) is 2.76. The van der Waals surface area contributed by atoms with E-state index in [0.29, 0.717) is 5.75 Å². The number of carbonyl (C=O) groups is 1. The van der Waals surface area contributed by atoms with Gasteiger partial charge in [-0.25, -0.2) is 4.79 Å². The van der Waals surface area contributed by atoms with E-state index in [1.54, 1.807) is 6.07 Å². The Kier molecular flexibility index (Phi) is 4.35. The summed E-state index contributed by atoms with van der Waals surface area (Å²) in [6.07, 6.45) is 1.96. The summed E-state index contributed by atoms with van der Waals surface area (Å²) in [6.45, 7) is 6.10. The lowest BCUT2D eigenvalue weighted by molar-refractivity contribution is 0.144. The van der Waals surface area contributed by atoms with Crippen LogP contribution in [0, 0.1) is 13.8 Å². The van der Waals surface area contributed by atoms with Gasteiger partial charge in [0.05, 0.1) is 0 Å². The van der Waals surface area contributed by atoms with Crippen molar-refractivity contribution in [1.82, 2.24) is 0 Å². The van der Waals surface area contributed by atoms with Crippen molar-refractivity contribution < 1.29 is 14.6 Å². The molecule has 1 aromatic carbocycles. The molecule has 0 atom stereocenters. The molecule has 0 unspecified atom stereocenters. The average Bonchev–Trinajstić information content (AvgIpc) is 2.22. The quantitative estimate of drug-likeness (QED) is 0.624. The molecule has 3 nitrogen and oxygen atoms in total. The van der Waals surface area contributed by atoms with Crippen molar-refractivity contribution in [2.45, 2.75) is 40.0 Å². The lowest BCUT2D eigenvalue weighted by atomic mass is 9.97. The first-order chi connectivity index (χ1) is 7.56. The molecule has 0 aliphatic heterocycles. The molecule has 0 radical (unpaired) electrons. The summed E-state index contributed by atoms with van der Waals surface area (Å²) < 4.78 is 4.74. The average molecular weight is 222 g/mol. The van der Waals surface area contributed by atoms with Crippen LogP contribution in [0.25, 0.3) is 0 Å². The predicted octanol–water partition coefficient (Wildman–Crippen LogP) is 3.70. The van der Waals surface area contributed by atoms with Gasteiger partial charge in [-0.3, -0.25) is 0 Å². The molecule has 1 aromatic rings. The number of aryl methyl sites for hydroxylation is 1. The van der Waals surface area contributed by atoms with Crippen LogP contribution in [-0.2, 0) is 6.42 Å². The standard InChI is InChI=1S/C13H18O3/c1-4-5-6-11-9(2)7-8-12(10(11)3)16-13(14)15/h7-8H,4-6H2,1-3H3,(H,14,15). The minimum absolute atomic E-state index is 0.448. The highest BCUT2D eigenvalue weighted by Crippen LogP contribution is 2.26. The van der Waals surface area contributed by atoms with E-state index < -0.39 is 6.16 Å². The van der Waals surface area contributed by atoms with Crippen LogP contribution in [0.5, 0.6) is 5.75 Å². The van der Waals surface area contributed by atoms with Gasteiger partial charge in [0, 0.05) is 0 Å². The van der Waals surface area contributed by atoms with Crippen LogP contribution in [0.2, 0.25) is 0 Å². The Labute approximate surface area is 96.1 Å². The number of unbranched alkanes of at least 4 members (excludes halogenated alkanes) is 1. The molecule has 0 aromatic heterocycles. The first-order valence-corrected chi connectivity index (χ1v) is 5.56. The second kappa shape index (κ2) is 5.54. The van der Waals surface area contributed by atoms with Gasteiger partial charge in [0.2, 0.25) is 0 Å². The fourth-order valence-corrected chi connectivity index (χ4v) is 1.81. The highest BCUT2D eigenvalue weighted by atomic mass is 16.7. The molecule has 3 heteroatoms. The molecule has 0 heterocycles. The first kappa shape index (κ1) is 12.6. The number of hydrogen-bond acceptors (Lipinski definition) is 2. The predicted molar refractivity (Wildman–Crippen MR) is 63.2 cm³/mol. The van der Waals surface area contributed by atoms with E-state index in [4.69, 9.17) is 9.84 Å². The molecule has 16 heavy (non-hydrogen) atoms. The number of hydrogen-bond donors (Lipinski definition) is 1. The first-order valence-electron chi connectivity index (χ1n) is 5.56. The summed E-state index contributed by atoms with van der Waals surface area (Å²) in [6, 6.07) is 3.63. The van der Waals surface area contributed by atoms with Crippen molar-refractivity contribution >= 4 is 6.16 Å². The second-order valence-electron chi connectivity index (χ2n) is 3.96. The molecule has 1 rings (SSSR count). The Hall–Kier alpha value is -1.51. The zero-order chi connectivity index (χ0) is 12.1.